The van der Waals surface area contributed by atoms with Gasteiger partial charge in [-0.3, -0.25) is 5.84 Å². The summed E-state index contributed by atoms with van der Waals surface area (Å²) in [4.78, 5) is 0. The summed E-state index contributed by atoms with van der Waals surface area (Å²) in [6.45, 7) is 8.02. The standard InChI is InChI=1S/C17H21FN2/c1-10-7-12(3)15(9-11(10)2)17(20-19)14-5-6-16(18)13(4)8-14/h5-9,17,20H,19H2,1-4H3. The molecule has 0 saturated carbocycles. The largest absolute Gasteiger partial charge is 0.271 e. The maximum Gasteiger partial charge on any atom is 0.126 e. The molecule has 106 valence electrons. The van der Waals surface area contributed by atoms with Gasteiger partial charge in [0.05, 0.1) is 6.04 Å². The summed E-state index contributed by atoms with van der Waals surface area (Å²) in [5, 5.41) is 0. The molecule has 1 atom stereocenters. The van der Waals surface area contributed by atoms with Crippen LogP contribution in [-0.4, -0.2) is 0 Å². The average molecular weight is 272 g/mol. The molecule has 0 spiro atoms. The van der Waals surface area contributed by atoms with Crippen LogP contribution < -0.4 is 11.3 Å². The van der Waals surface area contributed by atoms with Crippen LogP contribution in [0.4, 0.5) is 4.39 Å². The van der Waals surface area contributed by atoms with Gasteiger partial charge in [-0.05, 0) is 67.1 Å². The van der Waals surface area contributed by atoms with Gasteiger partial charge >= 0.3 is 0 Å². The van der Waals surface area contributed by atoms with Crippen LogP contribution in [0.1, 0.15) is 39.4 Å². The zero-order valence-corrected chi connectivity index (χ0v) is 12.4. The quantitative estimate of drug-likeness (QED) is 0.661. The molecule has 20 heavy (non-hydrogen) atoms. The molecule has 2 aromatic carbocycles. The van der Waals surface area contributed by atoms with Crippen molar-refractivity contribution < 1.29 is 4.39 Å². The molecule has 0 heterocycles. The number of nitrogens with two attached hydrogens (primary N) is 1. The molecule has 0 fully saturated rings. The van der Waals surface area contributed by atoms with Crippen LogP contribution in [0.15, 0.2) is 30.3 Å². The normalized spacial score (nSPS) is 12.5. The number of hydrogen-bond acceptors (Lipinski definition) is 2. The molecule has 2 rings (SSSR count). The second-order valence-corrected chi connectivity index (χ2v) is 5.40. The molecule has 1 unspecified atom stereocenters. The molecule has 0 radical (unpaired) electrons. The first-order valence-corrected chi connectivity index (χ1v) is 6.74. The van der Waals surface area contributed by atoms with Gasteiger partial charge in [-0.1, -0.05) is 24.3 Å². The summed E-state index contributed by atoms with van der Waals surface area (Å²) in [6.07, 6.45) is 0. The Balaban J connectivity index is 2.52. The molecule has 0 amide bonds. The van der Waals surface area contributed by atoms with Crippen molar-refractivity contribution in [2.24, 2.45) is 5.84 Å². The SMILES string of the molecule is Cc1cc(C)c(C(NN)c2ccc(F)c(C)c2)cc1C. The van der Waals surface area contributed by atoms with Crippen LogP contribution in [0.5, 0.6) is 0 Å². The van der Waals surface area contributed by atoms with Crippen LogP contribution >= 0.6 is 0 Å². The predicted octanol–water partition coefficient (Wildman–Crippen LogP) is 3.61. The summed E-state index contributed by atoms with van der Waals surface area (Å²) in [6, 6.07) is 9.29. The lowest BCUT2D eigenvalue weighted by atomic mass is 9.91. The van der Waals surface area contributed by atoms with Gasteiger partial charge in [0.1, 0.15) is 5.82 Å². The number of hydrogen-bond donors (Lipinski definition) is 2. The highest BCUT2D eigenvalue weighted by molar-refractivity contribution is 5.43. The lowest BCUT2D eigenvalue weighted by molar-refractivity contribution is 0.606. The van der Waals surface area contributed by atoms with Crippen LogP contribution in [0.25, 0.3) is 0 Å². The lowest BCUT2D eigenvalue weighted by Crippen LogP contribution is -2.29. The van der Waals surface area contributed by atoms with E-state index in [1.807, 2.05) is 6.07 Å². The van der Waals surface area contributed by atoms with E-state index < -0.39 is 0 Å². The Labute approximate surface area is 119 Å². The van der Waals surface area contributed by atoms with E-state index in [9.17, 15) is 4.39 Å². The maximum absolute atomic E-state index is 13.4. The molecule has 0 bridgehead atoms. The van der Waals surface area contributed by atoms with Gasteiger partial charge in [0.2, 0.25) is 0 Å². The molecule has 0 aliphatic rings. The third-order valence-electron chi connectivity index (χ3n) is 3.88. The Morgan fingerprint density at radius 3 is 2.15 bits per heavy atom. The molecule has 3 heteroatoms. The number of nitrogens with one attached hydrogen (secondary N) is 1. The first kappa shape index (κ1) is 14.7. The van der Waals surface area contributed by atoms with Gasteiger partial charge in [0, 0.05) is 0 Å². The number of halogens is 1. The lowest BCUT2D eigenvalue weighted by Gasteiger charge is -2.21. The second-order valence-electron chi connectivity index (χ2n) is 5.40. The van der Waals surface area contributed by atoms with Crippen molar-refractivity contribution in [3.8, 4) is 0 Å². The first-order chi connectivity index (χ1) is 9.43. The Morgan fingerprint density at radius 1 is 0.900 bits per heavy atom. The van der Waals surface area contributed by atoms with E-state index >= 15 is 0 Å². The van der Waals surface area contributed by atoms with E-state index in [-0.39, 0.29) is 11.9 Å². The van der Waals surface area contributed by atoms with Gasteiger partial charge in [-0.2, -0.15) is 0 Å². The molecule has 0 aliphatic carbocycles. The zero-order valence-electron chi connectivity index (χ0n) is 12.4. The summed E-state index contributed by atoms with van der Waals surface area (Å²) < 4.78 is 13.4. The number of benzene rings is 2. The summed E-state index contributed by atoms with van der Waals surface area (Å²) in [7, 11) is 0. The molecular formula is C17H21FN2. The van der Waals surface area contributed by atoms with Gasteiger partial charge in [0.25, 0.3) is 0 Å². The van der Waals surface area contributed by atoms with E-state index in [1.54, 1.807) is 13.0 Å². The number of rotatable bonds is 3. The Bertz CT molecular complexity index is 635. The van der Waals surface area contributed by atoms with Crippen molar-refractivity contribution in [3.63, 3.8) is 0 Å². The first-order valence-electron chi connectivity index (χ1n) is 6.74. The Kier molecular flexibility index (Phi) is 4.21. The summed E-state index contributed by atoms with van der Waals surface area (Å²) >= 11 is 0. The van der Waals surface area contributed by atoms with Gasteiger partial charge in [-0.25, -0.2) is 9.82 Å². The minimum absolute atomic E-state index is 0.131. The van der Waals surface area contributed by atoms with E-state index in [1.165, 1.54) is 22.8 Å². The zero-order chi connectivity index (χ0) is 14.9. The Morgan fingerprint density at radius 2 is 1.55 bits per heavy atom. The van der Waals surface area contributed by atoms with Gasteiger partial charge in [0.15, 0.2) is 0 Å². The van der Waals surface area contributed by atoms with Gasteiger partial charge in [-0.15, -0.1) is 0 Å². The summed E-state index contributed by atoms with van der Waals surface area (Å²) in [5.41, 5.74) is 9.24. The van der Waals surface area contributed by atoms with Crippen molar-refractivity contribution in [2.75, 3.05) is 0 Å². The molecule has 0 aromatic heterocycles. The number of hydrazine groups is 1. The highest BCUT2D eigenvalue weighted by atomic mass is 19.1. The highest BCUT2D eigenvalue weighted by Crippen LogP contribution is 2.27. The third kappa shape index (κ3) is 2.74. The van der Waals surface area contributed by atoms with E-state index in [0.29, 0.717) is 5.56 Å². The predicted molar refractivity (Wildman–Crippen MR) is 81.0 cm³/mol. The molecule has 2 aromatic rings. The van der Waals surface area contributed by atoms with Crippen LogP contribution in [0, 0.1) is 33.5 Å². The molecular weight excluding hydrogens is 251 g/mol. The van der Waals surface area contributed by atoms with E-state index in [2.05, 4.69) is 38.3 Å². The topological polar surface area (TPSA) is 38.0 Å². The van der Waals surface area contributed by atoms with Crippen molar-refractivity contribution in [2.45, 2.75) is 33.7 Å². The van der Waals surface area contributed by atoms with Crippen LogP contribution in [0.2, 0.25) is 0 Å². The molecule has 0 saturated heterocycles. The minimum atomic E-state index is -0.193. The maximum atomic E-state index is 13.4. The summed E-state index contributed by atoms with van der Waals surface area (Å²) in [5.74, 6) is 5.55. The van der Waals surface area contributed by atoms with Crippen molar-refractivity contribution in [3.05, 3.63) is 69.5 Å². The molecule has 3 N–H and O–H groups in total. The van der Waals surface area contributed by atoms with Crippen LogP contribution in [-0.2, 0) is 0 Å². The second kappa shape index (κ2) is 5.73. The van der Waals surface area contributed by atoms with Gasteiger partial charge < -0.3 is 0 Å². The molecule has 0 aliphatic heterocycles. The average Bonchev–Trinajstić information content (AvgIpc) is 2.40. The fourth-order valence-corrected chi connectivity index (χ4v) is 2.51. The van der Waals surface area contributed by atoms with E-state index in [4.69, 9.17) is 5.84 Å². The van der Waals surface area contributed by atoms with Crippen molar-refractivity contribution in [1.82, 2.24) is 5.43 Å². The minimum Gasteiger partial charge on any atom is -0.271 e. The highest BCUT2D eigenvalue weighted by Gasteiger charge is 2.16. The van der Waals surface area contributed by atoms with E-state index in [0.717, 1.165) is 11.1 Å². The fourth-order valence-electron chi connectivity index (χ4n) is 2.51. The smallest absolute Gasteiger partial charge is 0.126 e. The number of aryl methyl sites for hydroxylation is 4. The van der Waals surface area contributed by atoms with Crippen molar-refractivity contribution >= 4 is 0 Å². The van der Waals surface area contributed by atoms with Crippen molar-refractivity contribution in [1.29, 1.82) is 0 Å². The molecule has 2 nitrogen and oxygen atoms in total. The third-order valence-corrected chi connectivity index (χ3v) is 3.88. The van der Waals surface area contributed by atoms with Crippen LogP contribution in [0.3, 0.4) is 0 Å². The monoisotopic (exact) mass is 272 g/mol. The fraction of sp³-hybridized carbons (Fsp3) is 0.294. The Hall–Kier alpha value is -1.71.